The maximum absolute atomic E-state index is 8.89. The third-order valence-corrected chi connectivity index (χ3v) is 1.25. The molecule has 3 N–H and O–H groups in total. The van der Waals surface area contributed by atoms with Crippen molar-refractivity contribution in [3.05, 3.63) is 0 Å². The smallest absolute Gasteiger partial charge is 0.780 e. The zero-order valence-electron chi connectivity index (χ0n) is 10.1. The number of hydrogen-bond donors (Lipinski definition) is 3. The normalized spacial score (nSPS) is 9.76. The van der Waals surface area contributed by atoms with Gasteiger partial charge >= 0.3 is 59.1 Å². The molecule has 0 aromatic rings. The van der Waals surface area contributed by atoms with E-state index in [-0.39, 0.29) is 78.9 Å². The zero-order valence-corrected chi connectivity index (χ0v) is 15.7. The second-order valence-corrected chi connectivity index (χ2v) is 4.46. The molecule has 0 bridgehead atoms. The molecule has 0 atom stereocenters. The largest absolute Gasteiger partial charge is 1.00 e. The summed E-state index contributed by atoms with van der Waals surface area (Å²) in [5.41, 5.74) is 0. The van der Waals surface area contributed by atoms with Gasteiger partial charge in [-0.1, -0.05) is 0 Å². The van der Waals surface area contributed by atoms with Crippen molar-refractivity contribution in [3.63, 3.8) is 0 Å². The summed E-state index contributed by atoms with van der Waals surface area (Å²) < 4.78 is 26.7. The van der Waals surface area contributed by atoms with Gasteiger partial charge in [0.15, 0.2) is 0 Å². The molecule has 0 spiro atoms. The van der Waals surface area contributed by atoms with Crippen molar-refractivity contribution >= 4 is 20.2 Å². The van der Waals surface area contributed by atoms with Crippen LogP contribution in [0.5, 0.6) is 0 Å². The zero-order chi connectivity index (χ0) is 12.3. The van der Waals surface area contributed by atoms with Crippen LogP contribution in [0.1, 0.15) is 0 Å². The van der Waals surface area contributed by atoms with E-state index in [9.17, 15) is 0 Å². The molecule has 0 aliphatic rings. The van der Waals surface area contributed by atoms with E-state index >= 15 is 0 Å². The predicted octanol–water partition coefficient (Wildman–Crippen LogP) is -8.73. The summed E-state index contributed by atoms with van der Waals surface area (Å²) in [7, 11) is -4.33. The Hall–Kier alpha value is 2.13. The Morgan fingerprint density at radius 1 is 0.941 bits per heavy atom. The fourth-order valence-corrected chi connectivity index (χ4v) is 0.760. The minimum absolute atomic E-state index is 0. The van der Waals surface area contributed by atoms with Crippen LogP contribution in [0.25, 0.3) is 0 Å². The molecule has 0 aromatic carbocycles. The average Bonchev–Trinajstić information content (AvgIpc) is 2.02. The number of nitrogens with zero attached hydrogens (tertiary/aromatic N) is 1. The van der Waals surface area contributed by atoms with E-state index in [4.69, 9.17) is 28.6 Å². The first-order valence-corrected chi connectivity index (χ1v) is 6.40. The van der Waals surface area contributed by atoms with Crippen LogP contribution in [0.3, 0.4) is 0 Å². The van der Waals surface area contributed by atoms with Crippen LogP contribution < -0.4 is 59.1 Å². The Morgan fingerprint density at radius 3 is 1.24 bits per heavy atom. The van der Waals surface area contributed by atoms with E-state index < -0.39 is 9.05 Å². The van der Waals surface area contributed by atoms with E-state index in [1.165, 1.54) is 0 Å². The van der Waals surface area contributed by atoms with Gasteiger partial charge in [-0.15, -0.1) is 9.05 Å². The first-order valence-electron chi connectivity index (χ1n) is 4.06. The van der Waals surface area contributed by atoms with Crippen molar-refractivity contribution in [2.45, 2.75) is 0 Å². The molecule has 0 saturated carbocycles. The summed E-state index contributed by atoms with van der Waals surface area (Å²) in [5.74, 6) is 0. The Balaban J connectivity index is -0.000000105. The van der Waals surface area contributed by atoms with E-state index in [0.717, 1.165) is 0 Å². The average molecular weight is 307 g/mol. The van der Waals surface area contributed by atoms with Crippen molar-refractivity contribution in [1.82, 2.24) is 4.90 Å². The number of aliphatic hydroxyl groups is 3. The third kappa shape index (κ3) is 38.1. The van der Waals surface area contributed by atoms with Crippen LogP contribution in [-0.2, 0) is 20.2 Å². The minimum atomic E-state index is -4.33. The van der Waals surface area contributed by atoms with Gasteiger partial charge in [-0.3, -0.25) is 9.11 Å². The van der Waals surface area contributed by atoms with Crippen LogP contribution in [-0.4, -0.2) is 73.0 Å². The fourth-order valence-electron chi connectivity index (χ4n) is 0.760. The molecule has 0 amide bonds. The Labute approximate surface area is 150 Å². The monoisotopic (exact) mass is 307 g/mol. The summed E-state index contributed by atoms with van der Waals surface area (Å²) in [6.07, 6.45) is 0. The summed E-state index contributed by atoms with van der Waals surface area (Å²) in [6, 6.07) is 0. The molecule has 0 aromatic heterocycles. The molecule has 11 heteroatoms. The van der Waals surface area contributed by atoms with E-state index in [2.05, 4.69) is 11.2 Å². The first-order chi connectivity index (χ1) is 6.85. The maximum Gasteiger partial charge on any atom is 1.00 e. The van der Waals surface area contributed by atoms with Crippen LogP contribution >= 0.6 is 0 Å². The van der Waals surface area contributed by atoms with Crippen molar-refractivity contribution in [2.24, 2.45) is 0 Å². The van der Waals surface area contributed by atoms with Gasteiger partial charge in [0.05, 0.1) is 19.8 Å². The minimum Gasteiger partial charge on any atom is -0.780 e. The van der Waals surface area contributed by atoms with Crippen molar-refractivity contribution < 1.29 is 87.7 Å². The predicted molar refractivity (Wildman–Crippen MR) is 54.8 cm³/mol. The molecule has 0 unspecified atom stereocenters. The third-order valence-electron chi connectivity index (χ3n) is 1.25. The molecule has 0 aliphatic heterocycles. The van der Waals surface area contributed by atoms with E-state index in [1.807, 2.05) is 0 Å². The SMILES string of the molecule is O=S([O-])([O-])=S.OCCN(CCO)CCO.[Na+].[Na+]. The quantitative estimate of drug-likeness (QED) is 0.413. The van der Waals surface area contributed by atoms with Crippen molar-refractivity contribution in [1.29, 1.82) is 0 Å². The summed E-state index contributed by atoms with van der Waals surface area (Å²) >= 11 is 3.24. The number of rotatable bonds is 6. The molecule has 17 heavy (non-hydrogen) atoms. The molecular formula is C6H15NNa2O6S2. The molecule has 0 rings (SSSR count). The Morgan fingerprint density at radius 2 is 1.12 bits per heavy atom. The van der Waals surface area contributed by atoms with Crippen molar-refractivity contribution in [2.75, 3.05) is 39.5 Å². The van der Waals surface area contributed by atoms with E-state index in [1.54, 1.807) is 4.90 Å². The summed E-state index contributed by atoms with van der Waals surface area (Å²) in [5, 5.41) is 25.5. The van der Waals surface area contributed by atoms with Gasteiger partial charge in [0, 0.05) is 19.6 Å². The molecule has 0 fully saturated rings. The second kappa shape index (κ2) is 18.1. The first kappa shape index (κ1) is 27.5. The van der Waals surface area contributed by atoms with Gasteiger partial charge in [-0.25, -0.2) is 0 Å². The topological polar surface area (TPSA) is 127 Å². The molecule has 0 aliphatic carbocycles. The van der Waals surface area contributed by atoms with Gasteiger partial charge in [0.1, 0.15) is 0 Å². The fraction of sp³-hybridized carbons (Fsp3) is 1.00. The molecule has 94 valence electrons. The van der Waals surface area contributed by atoms with Crippen LogP contribution in [0.4, 0.5) is 0 Å². The molecule has 0 heterocycles. The number of hydrogen-bond acceptors (Lipinski definition) is 8. The van der Waals surface area contributed by atoms with Gasteiger partial charge in [0.2, 0.25) is 0 Å². The summed E-state index contributed by atoms with van der Waals surface area (Å²) in [6.45, 7) is 1.75. The van der Waals surface area contributed by atoms with Crippen molar-refractivity contribution in [3.8, 4) is 0 Å². The van der Waals surface area contributed by atoms with Crippen LogP contribution in [0, 0.1) is 0 Å². The number of aliphatic hydroxyl groups excluding tert-OH is 3. The Bertz CT molecular complexity index is 206. The molecule has 0 saturated heterocycles. The molecular weight excluding hydrogens is 292 g/mol. The maximum atomic E-state index is 8.89. The standard InChI is InChI=1S/C6H15NO3.2Na.H2O3S2/c8-4-1-7(2-5-9)3-6-10;;;1-5(2,3)4/h8-10H,1-6H2;;;(H2,1,2,3,4)/q;2*+1;/p-2. The van der Waals surface area contributed by atoms with Gasteiger partial charge < -0.3 is 24.4 Å². The molecule has 7 nitrogen and oxygen atoms in total. The summed E-state index contributed by atoms with van der Waals surface area (Å²) in [4.78, 5) is 1.79. The van der Waals surface area contributed by atoms with Crippen LogP contribution in [0.2, 0.25) is 0 Å². The van der Waals surface area contributed by atoms with E-state index in [0.29, 0.717) is 19.6 Å². The van der Waals surface area contributed by atoms with Crippen LogP contribution in [0.15, 0.2) is 0 Å². The second-order valence-electron chi connectivity index (χ2n) is 2.42. The van der Waals surface area contributed by atoms with Gasteiger partial charge in [0.25, 0.3) is 0 Å². The Kier molecular flexibility index (Phi) is 29.3. The van der Waals surface area contributed by atoms with Gasteiger partial charge in [-0.05, 0) is 11.2 Å². The van der Waals surface area contributed by atoms with Gasteiger partial charge in [-0.2, -0.15) is 0 Å². The molecule has 0 radical (unpaired) electrons.